The van der Waals surface area contributed by atoms with Crippen LogP contribution in [0.5, 0.6) is 0 Å². The Morgan fingerprint density at radius 1 is 1.06 bits per heavy atom. The molecule has 1 aliphatic carbocycles. The summed E-state index contributed by atoms with van der Waals surface area (Å²) in [6.45, 7) is 0.184. The number of hydrogen-bond acceptors (Lipinski definition) is 4. The highest BCUT2D eigenvalue weighted by atomic mass is 32.1. The molecule has 0 saturated heterocycles. The lowest BCUT2D eigenvalue weighted by Crippen LogP contribution is -2.47. The van der Waals surface area contributed by atoms with E-state index in [2.05, 4.69) is 10.3 Å². The third kappa shape index (κ3) is 6.26. The van der Waals surface area contributed by atoms with Crippen LogP contribution in [0.1, 0.15) is 54.3 Å². The zero-order valence-corrected chi connectivity index (χ0v) is 19.3. The average Bonchev–Trinajstić information content (AvgIpc) is 3.34. The Labute approximate surface area is 197 Å². The van der Waals surface area contributed by atoms with Crippen LogP contribution in [-0.2, 0) is 22.6 Å². The van der Waals surface area contributed by atoms with Crippen molar-refractivity contribution in [1.29, 1.82) is 0 Å². The maximum Gasteiger partial charge on any atom is 0.249 e. The standard InChI is InChI=1S/C26H28FN3O2S/c27-20-13-11-19(12-14-20)18-30(24(31)17-22-9-6-16-33-22)25(23-10-4-5-15-28-23)26(32)29-21-7-2-1-3-8-21/h4-6,9-16,21,25H,1-3,7-8,17-18H2,(H,29,32)/t25-/m0/s1. The van der Waals surface area contributed by atoms with Crippen LogP contribution < -0.4 is 5.32 Å². The SMILES string of the molecule is O=C(NC1CCCCC1)[C@H](c1ccccn1)N(Cc1ccc(F)cc1)C(=O)Cc1cccs1. The van der Waals surface area contributed by atoms with Crippen LogP contribution >= 0.6 is 11.3 Å². The fourth-order valence-electron chi connectivity index (χ4n) is 4.27. The Hall–Kier alpha value is -3.06. The van der Waals surface area contributed by atoms with E-state index in [1.807, 2.05) is 23.6 Å². The molecule has 2 aromatic heterocycles. The van der Waals surface area contributed by atoms with Gasteiger partial charge in [0.1, 0.15) is 5.82 Å². The van der Waals surface area contributed by atoms with Crippen molar-refractivity contribution in [3.8, 4) is 0 Å². The lowest BCUT2D eigenvalue weighted by Gasteiger charge is -2.33. The fraction of sp³-hybridized carbons (Fsp3) is 0.346. The molecular weight excluding hydrogens is 437 g/mol. The fourth-order valence-corrected chi connectivity index (χ4v) is 4.97. The average molecular weight is 466 g/mol. The van der Waals surface area contributed by atoms with Crippen LogP contribution in [0, 0.1) is 5.82 Å². The highest BCUT2D eigenvalue weighted by Crippen LogP contribution is 2.26. The van der Waals surface area contributed by atoms with Crippen molar-refractivity contribution in [3.63, 3.8) is 0 Å². The lowest BCUT2D eigenvalue weighted by atomic mass is 9.95. The molecule has 0 unspecified atom stereocenters. The van der Waals surface area contributed by atoms with Gasteiger partial charge in [-0.3, -0.25) is 14.6 Å². The van der Waals surface area contributed by atoms with Gasteiger partial charge >= 0.3 is 0 Å². The molecule has 1 N–H and O–H groups in total. The number of rotatable bonds is 8. The van der Waals surface area contributed by atoms with Crippen molar-refractivity contribution in [3.05, 3.63) is 88.1 Å². The summed E-state index contributed by atoms with van der Waals surface area (Å²) in [7, 11) is 0. The van der Waals surface area contributed by atoms with Gasteiger partial charge in [-0.2, -0.15) is 0 Å². The maximum atomic E-state index is 13.6. The number of amides is 2. The van der Waals surface area contributed by atoms with Crippen molar-refractivity contribution in [2.45, 2.75) is 57.2 Å². The van der Waals surface area contributed by atoms with Crippen molar-refractivity contribution in [1.82, 2.24) is 15.2 Å². The summed E-state index contributed by atoms with van der Waals surface area (Å²) in [6.07, 6.45) is 7.09. The second kappa shape index (κ2) is 11.2. The highest BCUT2D eigenvalue weighted by Gasteiger charge is 2.34. The monoisotopic (exact) mass is 465 g/mol. The zero-order valence-electron chi connectivity index (χ0n) is 18.5. The largest absolute Gasteiger partial charge is 0.351 e. The molecule has 0 aliphatic heterocycles. The minimum Gasteiger partial charge on any atom is -0.351 e. The second-order valence-corrected chi connectivity index (χ2v) is 9.44. The van der Waals surface area contributed by atoms with E-state index >= 15 is 0 Å². The Morgan fingerprint density at radius 3 is 2.52 bits per heavy atom. The molecular formula is C26H28FN3O2S. The predicted molar refractivity (Wildman–Crippen MR) is 127 cm³/mol. The van der Waals surface area contributed by atoms with Crippen LogP contribution in [0.2, 0.25) is 0 Å². The van der Waals surface area contributed by atoms with Crippen LogP contribution in [0.4, 0.5) is 4.39 Å². The molecule has 3 aromatic rings. The smallest absolute Gasteiger partial charge is 0.249 e. The number of nitrogens with one attached hydrogen (secondary N) is 1. The number of carbonyl (C=O) groups excluding carboxylic acids is 2. The van der Waals surface area contributed by atoms with E-state index in [0.29, 0.717) is 5.69 Å². The van der Waals surface area contributed by atoms with Gasteiger partial charge in [-0.25, -0.2) is 4.39 Å². The van der Waals surface area contributed by atoms with Gasteiger partial charge in [0.05, 0.1) is 12.1 Å². The van der Waals surface area contributed by atoms with Crippen molar-refractivity contribution in [2.24, 2.45) is 0 Å². The van der Waals surface area contributed by atoms with Crippen LogP contribution in [0.15, 0.2) is 66.2 Å². The van der Waals surface area contributed by atoms with Gasteiger partial charge in [0, 0.05) is 23.7 Å². The number of nitrogens with zero attached hydrogens (tertiary/aromatic N) is 2. The number of thiophene rings is 1. The number of benzene rings is 1. The molecule has 0 spiro atoms. The summed E-state index contributed by atoms with van der Waals surface area (Å²) in [6, 6.07) is 14.5. The number of halogens is 1. The van der Waals surface area contributed by atoms with E-state index < -0.39 is 6.04 Å². The summed E-state index contributed by atoms with van der Waals surface area (Å²) in [5.41, 5.74) is 1.27. The molecule has 172 valence electrons. The van der Waals surface area contributed by atoms with E-state index in [9.17, 15) is 14.0 Å². The molecule has 1 saturated carbocycles. The van der Waals surface area contributed by atoms with Gasteiger partial charge < -0.3 is 10.2 Å². The van der Waals surface area contributed by atoms with Gasteiger partial charge in [-0.05, 0) is 54.1 Å². The second-order valence-electron chi connectivity index (χ2n) is 8.40. The van der Waals surface area contributed by atoms with Crippen LogP contribution in [0.3, 0.4) is 0 Å². The summed E-state index contributed by atoms with van der Waals surface area (Å²) < 4.78 is 13.5. The van der Waals surface area contributed by atoms with E-state index in [1.54, 1.807) is 35.4 Å². The van der Waals surface area contributed by atoms with E-state index in [-0.39, 0.29) is 36.6 Å². The van der Waals surface area contributed by atoms with Gasteiger partial charge in [-0.15, -0.1) is 11.3 Å². The number of pyridine rings is 1. The molecule has 2 amide bonds. The molecule has 1 aliphatic rings. The van der Waals surface area contributed by atoms with Gasteiger partial charge in [-0.1, -0.05) is 43.5 Å². The summed E-state index contributed by atoms with van der Waals surface area (Å²) in [5.74, 6) is -0.731. The quantitative estimate of drug-likeness (QED) is 0.507. The van der Waals surface area contributed by atoms with Crippen molar-refractivity contribution >= 4 is 23.2 Å². The Bertz CT molecular complexity index is 1040. The highest BCUT2D eigenvalue weighted by molar-refractivity contribution is 7.10. The first-order valence-corrected chi connectivity index (χ1v) is 12.3. The van der Waals surface area contributed by atoms with Crippen molar-refractivity contribution in [2.75, 3.05) is 0 Å². The first kappa shape index (κ1) is 23.1. The Balaban J connectivity index is 1.66. The lowest BCUT2D eigenvalue weighted by molar-refractivity contribution is -0.141. The third-order valence-corrected chi connectivity index (χ3v) is 6.85. The first-order valence-electron chi connectivity index (χ1n) is 11.4. The molecule has 33 heavy (non-hydrogen) atoms. The minimum atomic E-state index is -0.870. The van der Waals surface area contributed by atoms with Crippen molar-refractivity contribution < 1.29 is 14.0 Å². The molecule has 4 rings (SSSR count). The van der Waals surface area contributed by atoms with Gasteiger partial charge in [0.15, 0.2) is 6.04 Å². The molecule has 1 atom stereocenters. The van der Waals surface area contributed by atoms with Crippen LogP contribution in [0.25, 0.3) is 0 Å². The van der Waals surface area contributed by atoms with E-state index in [0.717, 1.165) is 36.1 Å². The molecule has 1 aromatic carbocycles. The van der Waals surface area contributed by atoms with E-state index in [4.69, 9.17) is 0 Å². The van der Waals surface area contributed by atoms with Gasteiger partial charge in [0.2, 0.25) is 11.8 Å². The zero-order chi connectivity index (χ0) is 23.0. The number of hydrogen-bond donors (Lipinski definition) is 1. The summed E-state index contributed by atoms with van der Waals surface area (Å²) >= 11 is 1.51. The number of carbonyl (C=O) groups is 2. The maximum absolute atomic E-state index is 13.6. The van der Waals surface area contributed by atoms with Gasteiger partial charge in [0.25, 0.3) is 0 Å². The molecule has 1 fully saturated rings. The molecule has 5 nitrogen and oxygen atoms in total. The predicted octanol–water partition coefficient (Wildman–Crippen LogP) is 5.04. The minimum absolute atomic E-state index is 0.109. The summed E-state index contributed by atoms with van der Waals surface area (Å²) in [4.78, 5) is 34.1. The Morgan fingerprint density at radius 2 is 1.85 bits per heavy atom. The van der Waals surface area contributed by atoms with Crippen LogP contribution in [-0.4, -0.2) is 27.7 Å². The Kier molecular flexibility index (Phi) is 7.83. The third-order valence-electron chi connectivity index (χ3n) is 5.97. The summed E-state index contributed by atoms with van der Waals surface area (Å²) in [5, 5.41) is 5.11. The van der Waals surface area contributed by atoms with E-state index in [1.165, 1.54) is 29.9 Å². The molecule has 0 radical (unpaired) electrons. The molecule has 0 bridgehead atoms. The topological polar surface area (TPSA) is 62.3 Å². The molecule has 7 heteroatoms. The normalized spacial score (nSPS) is 15.1. The number of aromatic nitrogens is 1. The molecule has 2 heterocycles. The first-order chi connectivity index (χ1) is 16.1.